The van der Waals surface area contributed by atoms with Gasteiger partial charge in [0.2, 0.25) is 0 Å². The lowest BCUT2D eigenvalue weighted by molar-refractivity contribution is 0.0697. The van der Waals surface area contributed by atoms with E-state index in [9.17, 15) is 4.79 Å². The summed E-state index contributed by atoms with van der Waals surface area (Å²) in [7, 11) is 0. The second-order valence-electron chi connectivity index (χ2n) is 3.77. The molecule has 1 N–H and O–H groups in total. The van der Waals surface area contributed by atoms with Crippen LogP contribution in [-0.2, 0) is 0 Å². The van der Waals surface area contributed by atoms with E-state index in [0.717, 1.165) is 25.0 Å². The fraction of sp³-hybridized carbons (Fsp3) is 0.462. The summed E-state index contributed by atoms with van der Waals surface area (Å²) in [6.07, 6.45) is 3.30. The van der Waals surface area contributed by atoms with Crippen LogP contribution in [-0.4, -0.2) is 17.2 Å². The van der Waals surface area contributed by atoms with Gasteiger partial charge in [0.1, 0.15) is 5.75 Å². The minimum absolute atomic E-state index is 0.223. The first-order valence-electron chi connectivity index (χ1n) is 5.67. The number of benzene rings is 1. The molecule has 0 aliphatic heterocycles. The molecule has 1 aromatic carbocycles. The molecular formula is C13H18O3. The van der Waals surface area contributed by atoms with Crippen molar-refractivity contribution in [2.45, 2.75) is 39.2 Å². The highest BCUT2D eigenvalue weighted by molar-refractivity contribution is 5.87. The molecule has 1 atom stereocenters. The molecule has 0 spiro atoms. The molecule has 0 amide bonds. The van der Waals surface area contributed by atoms with E-state index >= 15 is 0 Å². The van der Waals surface area contributed by atoms with Gasteiger partial charge in [-0.25, -0.2) is 4.79 Å². The molecule has 0 bridgehead atoms. The smallest absolute Gasteiger partial charge is 0.335 e. The summed E-state index contributed by atoms with van der Waals surface area (Å²) in [5, 5.41) is 8.75. The van der Waals surface area contributed by atoms with Gasteiger partial charge in [-0.15, -0.1) is 0 Å². The van der Waals surface area contributed by atoms with Crippen LogP contribution in [0.3, 0.4) is 0 Å². The van der Waals surface area contributed by atoms with Gasteiger partial charge in [-0.1, -0.05) is 20.3 Å². The van der Waals surface area contributed by atoms with Crippen molar-refractivity contribution in [1.82, 2.24) is 0 Å². The third-order valence-electron chi connectivity index (χ3n) is 2.47. The van der Waals surface area contributed by atoms with Gasteiger partial charge in [0.25, 0.3) is 0 Å². The van der Waals surface area contributed by atoms with E-state index in [4.69, 9.17) is 9.84 Å². The largest absolute Gasteiger partial charge is 0.490 e. The van der Waals surface area contributed by atoms with Crippen LogP contribution in [0.25, 0.3) is 0 Å². The molecule has 0 aliphatic rings. The molecular weight excluding hydrogens is 204 g/mol. The van der Waals surface area contributed by atoms with Gasteiger partial charge >= 0.3 is 5.97 Å². The minimum Gasteiger partial charge on any atom is -0.490 e. The monoisotopic (exact) mass is 222 g/mol. The lowest BCUT2D eigenvalue weighted by Crippen LogP contribution is -2.14. The van der Waals surface area contributed by atoms with E-state index in [1.54, 1.807) is 24.3 Å². The molecule has 1 aromatic rings. The first-order valence-corrected chi connectivity index (χ1v) is 5.67. The average Bonchev–Trinajstić information content (AvgIpc) is 2.29. The standard InChI is InChI=1S/C13H18O3/c1-3-5-11(4-2)16-12-8-6-10(7-9-12)13(14)15/h6-9,11H,3-5H2,1-2H3,(H,14,15). The molecule has 0 aromatic heterocycles. The number of ether oxygens (including phenoxy) is 1. The maximum absolute atomic E-state index is 10.7. The predicted octanol–water partition coefficient (Wildman–Crippen LogP) is 3.34. The molecule has 1 unspecified atom stereocenters. The maximum Gasteiger partial charge on any atom is 0.335 e. The van der Waals surface area contributed by atoms with Gasteiger partial charge in [0.05, 0.1) is 11.7 Å². The second kappa shape index (κ2) is 6.16. The van der Waals surface area contributed by atoms with Crippen LogP contribution in [0.15, 0.2) is 24.3 Å². The third-order valence-corrected chi connectivity index (χ3v) is 2.47. The van der Waals surface area contributed by atoms with Crippen LogP contribution in [0.5, 0.6) is 5.75 Å². The first-order chi connectivity index (χ1) is 7.67. The van der Waals surface area contributed by atoms with Crippen molar-refractivity contribution in [2.75, 3.05) is 0 Å². The molecule has 1 rings (SSSR count). The molecule has 0 heterocycles. The summed E-state index contributed by atoms with van der Waals surface area (Å²) in [5.41, 5.74) is 0.288. The number of carbonyl (C=O) groups is 1. The van der Waals surface area contributed by atoms with Gasteiger partial charge in [0, 0.05) is 0 Å². The molecule has 0 radical (unpaired) electrons. The van der Waals surface area contributed by atoms with Crippen molar-refractivity contribution >= 4 is 5.97 Å². The van der Waals surface area contributed by atoms with Crippen LogP contribution in [0.2, 0.25) is 0 Å². The molecule has 0 saturated carbocycles. The number of rotatable bonds is 6. The Kier molecular flexibility index (Phi) is 4.83. The maximum atomic E-state index is 10.7. The lowest BCUT2D eigenvalue weighted by Gasteiger charge is -2.16. The van der Waals surface area contributed by atoms with E-state index in [-0.39, 0.29) is 11.7 Å². The van der Waals surface area contributed by atoms with Crippen molar-refractivity contribution in [2.24, 2.45) is 0 Å². The zero-order chi connectivity index (χ0) is 12.0. The fourth-order valence-corrected chi connectivity index (χ4v) is 1.54. The van der Waals surface area contributed by atoms with E-state index < -0.39 is 5.97 Å². The van der Waals surface area contributed by atoms with Crippen LogP contribution in [0, 0.1) is 0 Å². The van der Waals surface area contributed by atoms with E-state index in [0.29, 0.717) is 0 Å². The topological polar surface area (TPSA) is 46.5 Å². The molecule has 0 fully saturated rings. The predicted molar refractivity (Wildman–Crippen MR) is 63.0 cm³/mol. The number of aromatic carboxylic acids is 1. The highest BCUT2D eigenvalue weighted by Gasteiger charge is 2.07. The highest BCUT2D eigenvalue weighted by atomic mass is 16.5. The Bertz CT molecular complexity index is 330. The summed E-state index contributed by atoms with van der Waals surface area (Å²) in [6.45, 7) is 4.21. The Labute approximate surface area is 96.1 Å². The van der Waals surface area contributed by atoms with Crippen molar-refractivity contribution in [3.8, 4) is 5.75 Å². The molecule has 3 nitrogen and oxygen atoms in total. The summed E-state index contributed by atoms with van der Waals surface area (Å²) < 4.78 is 5.75. The molecule has 16 heavy (non-hydrogen) atoms. The van der Waals surface area contributed by atoms with Crippen molar-refractivity contribution in [1.29, 1.82) is 0 Å². The Morgan fingerprint density at radius 3 is 2.38 bits per heavy atom. The fourth-order valence-electron chi connectivity index (χ4n) is 1.54. The number of carboxylic acids is 1. The van der Waals surface area contributed by atoms with Crippen molar-refractivity contribution < 1.29 is 14.6 Å². The molecule has 3 heteroatoms. The van der Waals surface area contributed by atoms with Gasteiger partial charge in [0.15, 0.2) is 0 Å². The Balaban J connectivity index is 2.63. The summed E-state index contributed by atoms with van der Waals surface area (Å²) in [5.74, 6) is -0.169. The van der Waals surface area contributed by atoms with Crippen LogP contribution >= 0.6 is 0 Å². The van der Waals surface area contributed by atoms with E-state index in [1.165, 1.54) is 0 Å². The van der Waals surface area contributed by atoms with Crippen LogP contribution in [0.1, 0.15) is 43.5 Å². The Morgan fingerprint density at radius 2 is 1.94 bits per heavy atom. The van der Waals surface area contributed by atoms with Gasteiger partial charge in [-0.2, -0.15) is 0 Å². The van der Waals surface area contributed by atoms with Crippen molar-refractivity contribution in [3.63, 3.8) is 0 Å². The molecule has 0 saturated heterocycles. The Hall–Kier alpha value is -1.51. The summed E-state index contributed by atoms with van der Waals surface area (Å²) in [4.78, 5) is 10.7. The van der Waals surface area contributed by atoms with E-state index in [2.05, 4.69) is 13.8 Å². The lowest BCUT2D eigenvalue weighted by atomic mass is 10.1. The second-order valence-corrected chi connectivity index (χ2v) is 3.77. The average molecular weight is 222 g/mol. The van der Waals surface area contributed by atoms with Crippen molar-refractivity contribution in [3.05, 3.63) is 29.8 Å². The summed E-state index contributed by atoms with van der Waals surface area (Å²) >= 11 is 0. The number of hydrogen-bond acceptors (Lipinski definition) is 2. The molecule has 0 aliphatic carbocycles. The van der Waals surface area contributed by atoms with Gasteiger partial charge < -0.3 is 9.84 Å². The number of hydrogen-bond donors (Lipinski definition) is 1. The third kappa shape index (κ3) is 3.57. The quantitative estimate of drug-likeness (QED) is 0.802. The van der Waals surface area contributed by atoms with Crippen LogP contribution < -0.4 is 4.74 Å². The van der Waals surface area contributed by atoms with E-state index in [1.807, 2.05) is 0 Å². The molecule has 88 valence electrons. The SMILES string of the molecule is CCCC(CC)Oc1ccc(C(=O)O)cc1. The van der Waals surface area contributed by atoms with Gasteiger partial charge in [-0.3, -0.25) is 0 Å². The highest BCUT2D eigenvalue weighted by Crippen LogP contribution is 2.17. The number of carboxylic acid groups (broad SMARTS) is 1. The minimum atomic E-state index is -0.910. The van der Waals surface area contributed by atoms with Crippen LogP contribution in [0.4, 0.5) is 0 Å². The first kappa shape index (κ1) is 12.6. The zero-order valence-electron chi connectivity index (χ0n) is 9.77. The Morgan fingerprint density at radius 1 is 1.31 bits per heavy atom. The zero-order valence-corrected chi connectivity index (χ0v) is 9.77. The van der Waals surface area contributed by atoms with Gasteiger partial charge in [-0.05, 0) is 37.1 Å². The normalized spacial score (nSPS) is 12.1. The summed E-state index contributed by atoms with van der Waals surface area (Å²) in [6, 6.07) is 6.55.